The number of fused-ring (bicyclic) bond motifs is 1. The lowest BCUT2D eigenvalue weighted by molar-refractivity contribution is 0.340. The van der Waals surface area contributed by atoms with Crippen molar-refractivity contribution >= 4 is 13.3 Å². The molecule has 1 heterocycles. The summed E-state index contributed by atoms with van der Waals surface area (Å²) in [5.74, 6) is 1.08. The van der Waals surface area contributed by atoms with E-state index in [1.54, 1.807) is 12.1 Å². The molecule has 1 N–H and O–H groups in total. The molecule has 144 valence electrons. The van der Waals surface area contributed by atoms with Gasteiger partial charge in [-0.2, -0.15) is 0 Å². The summed E-state index contributed by atoms with van der Waals surface area (Å²) < 4.78 is 30.9. The molecule has 0 amide bonds. The molecule has 28 heavy (non-hydrogen) atoms. The van der Waals surface area contributed by atoms with Gasteiger partial charge in [0.15, 0.2) is 17.3 Å². The summed E-state index contributed by atoms with van der Waals surface area (Å²) in [6.07, 6.45) is 0. The maximum Gasteiger partial charge on any atom is 0.457 e. The van der Waals surface area contributed by atoms with Crippen molar-refractivity contribution in [2.24, 2.45) is 0 Å². The van der Waals surface area contributed by atoms with Crippen molar-refractivity contribution < 1.29 is 18.3 Å². The molecule has 0 fully saturated rings. The standard InChI is InChI=1S/C22H22NO4P/c1-3-25-19-14-10-17(11-15-19)22(23-18-12-8-16(2)9-13-18)28(24)26-20-6-4-5-7-21(20)27-28/h4-15,22-23H,3H2,1-2H3. The molecular formula is C22H22NO4P. The average molecular weight is 395 g/mol. The molecule has 0 aliphatic carbocycles. The van der Waals surface area contributed by atoms with Crippen molar-refractivity contribution in [3.63, 3.8) is 0 Å². The highest BCUT2D eigenvalue weighted by Gasteiger charge is 2.45. The zero-order valence-corrected chi connectivity index (χ0v) is 16.7. The minimum absolute atomic E-state index is 0.493. The molecule has 1 aliphatic rings. The zero-order chi connectivity index (χ0) is 19.6. The summed E-state index contributed by atoms with van der Waals surface area (Å²) in [7, 11) is -3.54. The van der Waals surface area contributed by atoms with Gasteiger partial charge in [0, 0.05) is 5.69 Å². The normalized spacial score (nSPS) is 15.1. The van der Waals surface area contributed by atoms with Crippen molar-refractivity contribution in [2.45, 2.75) is 19.6 Å². The van der Waals surface area contributed by atoms with E-state index in [1.165, 1.54) is 0 Å². The van der Waals surface area contributed by atoms with Crippen LogP contribution in [0.25, 0.3) is 0 Å². The number of nitrogens with one attached hydrogen (secondary N) is 1. The van der Waals surface area contributed by atoms with Gasteiger partial charge < -0.3 is 19.1 Å². The van der Waals surface area contributed by atoms with E-state index >= 15 is 0 Å². The molecule has 6 heteroatoms. The van der Waals surface area contributed by atoms with Gasteiger partial charge in [-0.15, -0.1) is 0 Å². The van der Waals surface area contributed by atoms with Crippen LogP contribution in [0.2, 0.25) is 0 Å². The van der Waals surface area contributed by atoms with E-state index < -0.39 is 13.4 Å². The Kier molecular flexibility index (Phi) is 5.01. The van der Waals surface area contributed by atoms with Crippen LogP contribution in [-0.2, 0) is 4.57 Å². The second-order valence-corrected chi connectivity index (χ2v) is 8.55. The fourth-order valence-corrected chi connectivity index (χ4v) is 5.01. The number of hydrogen-bond donors (Lipinski definition) is 1. The molecule has 3 aromatic rings. The van der Waals surface area contributed by atoms with Gasteiger partial charge in [0.1, 0.15) is 5.75 Å². The predicted octanol–water partition coefficient (Wildman–Crippen LogP) is 6.17. The summed E-state index contributed by atoms with van der Waals surface area (Å²) >= 11 is 0. The van der Waals surface area contributed by atoms with Gasteiger partial charge in [0.25, 0.3) is 0 Å². The molecule has 0 radical (unpaired) electrons. The summed E-state index contributed by atoms with van der Waals surface area (Å²) in [4.78, 5) is 0. The van der Waals surface area contributed by atoms with E-state index in [-0.39, 0.29) is 0 Å². The number of anilines is 1. The Hall–Kier alpha value is -2.91. The molecular weight excluding hydrogens is 373 g/mol. The van der Waals surface area contributed by atoms with Crippen LogP contribution in [0.4, 0.5) is 5.69 Å². The van der Waals surface area contributed by atoms with E-state index in [0.29, 0.717) is 18.1 Å². The first-order chi connectivity index (χ1) is 13.6. The zero-order valence-electron chi connectivity index (χ0n) is 15.8. The van der Waals surface area contributed by atoms with Crippen molar-refractivity contribution in [1.29, 1.82) is 0 Å². The number of benzene rings is 3. The van der Waals surface area contributed by atoms with Crippen molar-refractivity contribution in [3.05, 3.63) is 83.9 Å². The molecule has 4 rings (SSSR count). The van der Waals surface area contributed by atoms with Crippen molar-refractivity contribution in [1.82, 2.24) is 0 Å². The van der Waals surface area contributed by atoms with Gasteiger partial charge >= 0.3 is 7.60 Å². The van der Waals surface area contributed by atoms with Crippen LogP contribution in [0.1, 0.15) is 23.8 Å². The highest BCUT2D eigenvalue weighted by Crippen LogP contribution is 2.66. The lowest BCUT2D eigenvalue weighted by atomic mass is 10.2. The SMILES string of the molecule is CCOc1ccc(C(Nc2ccc(C)cc2)P2(=O)Oc3ccccc3O2)cc1. The highest BCUT2D eigenvalue weighted by molar-refractivity contribution is 7.55. The molecule has 1 unspecified atom stereocenters. The number of hydrogen-bond acceptors (Lipinski definition) is 5. The largest absolute Gasteiger partial charge is 0.494 e. The van der Waals surface area contributed by atoms with E-state index in [1.807, 2.05) is 74.5 Å². The molecule has 0 aromatic heterocycles. The summed E-state index contributed by atoms with van der Waals surface area (Å²) in [6, 6.07) is 22.6. The van der Waals surface area contributed by atoms with Gasteiger partial charge in [-0.1, -0.05) is 42.0 Å². The third kappa shape index (κ3) is 3.71. The third-order valence-corrected chi connectivity index (χ3v) is 6.44. The topological polar surface area (TPSA) is 56.8 Å². The number of ether oxygens (including phenoxy) is 1. The smallest absolute Gasteiger partial charge is 0.457 e. The molecule has 3 aromatic carbocycles. The molecule has 5 nitrogen and oxygen atoms in total. The fraction of sp³-hybridized carbons (Fsp3) is 0.182. The quantitative estimate of drug-likeness (QED) is 0.506. The van der Waals surface area contributed by atoms with Gasteiger partial charge in [0.2, 0.25) is 0 Å². The first kappa shape index (κ1) is 18.5. The monoisotopic (exact) mass is 395 g/mol. The fourth-order valence-electron chi connectivity index (χ4n) is 3.06. The second kappa shape index (κ2) is 7.61. The Balaban J connectivity index is 1.69. The number of rotatable bonds is 6. The minimum Gasteiger partial charge on any atom is -0.494 e. The third-order valence-electron chi connectivity index (χ3n) is 4.48. The van der Waals surface area contributed by atoms with E-state index in [9.17, 15) is 4.57 Å². The summed E-state index contributed by atoms with van der Waals surface area (Å²) in [5, 5.41) is 3.34. The number of aryl methyl sites for hydroxylation is 1. The van der Waals surface area contributed by atoms with Crippen LogP contribution in [0.15, 0.2) is 72.8 Å². The predicted molar refractivity (Wildman–Crippen MR) is 110 cm³/mol. The van der Waals surface area contributed by atoms with Crippen LogP contribution in [0.5, 0.6) is 17.2 Å². The highest BCUT2D eigenvalue weighted by atomic mass is 31.2. The Labute approximate surface area is 164 Å². The first-order valence-corrected chi connectivity index (χ1v) is 10.8. The van der Waals surface area contributed by atoms with Crippen LogP contribution in [-0.4, -0.2) is 6.61 Å². The van der Waals surface area contributed by atoms with E-state index in [2.05, 4.69) is 5.32 Å². The second-order valence-electron chi connectivity index (χ2n) is 6.58. The molecule has 1 aliphatic heterocycles. The van der Waals surface area contributed by atoms with Crippen LogP contribution in [0, 0.1) is 6.92 Å². The molecule has 0 spiro atoms. The Morgan fingerprint density at radius 3 is 2.11 bits per heavy atom. The summed E-state index contributed by atoms with van der Waals surface area (Å²) in [5.41, 5.74) is 2.78. The van der Waals surface area contributed by atoms with Gasteiger partial charge in [-0.05, 0) is 55.8 Å². The lowest BCUT2D eigenvalue weighted by Gasteiger charge is -2.24. The van der Waals surface area contributed by atoms with Gasteiger partial charge in [-0.25, -0.2) is 4.57 Å². The van der Waals surface area contributed by atoms with Gasteiger partial charge in [-0.3, -0.25) is 0 Å². The average Bonchev–Trinajstić information content (AvgIpc) is 3.05. The van der Waals surface area contributed by atoms with E-state index in [0.717, 1.165) is 22.6 Å². The minimum atomic E-state index is -3.54. The van der Waals surface area contributed by atoms with E-state index in [4.69, 9.17) is 13.8 Å². The number of para-hydroxylation sites is 2. The Bertz CT molecular complexity index is 973. The maximum atomic E-state index is 13.7. The summed E-state index contributed by atoms with van der Waals surface area (Å²) in [6.45, 7) is 4.55. The van der Waals surface area contributed by atoms with Crippen molar-refractivity contribution in [2.75, 3.05) is 11.9 Å². The maximum absolute atomic E-state index is 13.7. The molecule has 0 saturated carbocycles. The van der Waals surface area contributed by atoms with Crippen LogP contribution >= 0.6 is 7.60 Å². The van der Waals surface area contributed by atoms with Crippen LogP contribution in [0.3, 0.4) is 0 Å². The Morgan fingerprint density at radius 2 is 1.54 bits per heavy atom. The van der Waals surface area contributed by atoms with Gasteiger partial charge in [0.05, 0.1) is 6.61 Å². The molecule has 0 saturated heterocycles. The lowest BCUT2D eigenvalue weighted by Crippen LogP contribution is -2.15. The van der Waals surface area contributed by atoms with Crippen molar-refractivity contribution in [3.8, 4) is 17.2 Å². The molecule has 0 bridgehead atoms. The van der Waals surface area contributed by atoms with Crippen LogP contribution < -0.4 is 19.1 Å². The molecule has 1 atom stereocenters. The first-order valence-electron chi connectivity index (χ1n) is 9.21. The Morgan fingerprint density at radius 1 is 0.929 bits per heavy atom.